The van der Waals surface area contributed by atoms with Crippen LogP contribution in [0, 0.1) is 0 Å². The van der Waals surface area contributed by atoms with Crippen LogP contribution in [-0.2, 0) is 4.79 Å². The Kier molecular flexibility index (Phi) is 4.59. The van der Waals surface area contributed by atoms with E-state index >= 15 is 0 Å². The molecule has 21 heavy (non-hydrogen) atoms. The fraction of sp³-hybridized carbons (Fsp3) is 0.214. The van der Waals surface area contributed by atoms with Gasteiger partial charge in [-0.3, -0.25) is 9.59 Å². The van der Waals surface area contributed by atoms with Gasteiger partial charge in [0.15, 0.2) is 0 Å². The van der Waals surface area contributed by atoms with E-state index in [0.717, 1.165) is 5.56 Å². The largest absolute Gasteiger partial charge is 0.376 e. The van der Waals surface area contributed by atoms with E-state index in [2.05, 4.69) is 20.8 Å². The molecule has 2 aromatic rings. The van der Waals surface area contributed by atoms with Crippen molar-refractivity contribution in [3.8, 4) is 0 Å². The molecule has 0 saturated carbocycles. The molecule has 1 amide bonds. The van der Waals surface area contributed by atoms with Gasteiger partial charge in [0.1, 0.15) is 5.02 Å². The van der Waals surface area contributed by atoms with E-state index in [9.17, 15) is 9.59 Å². The molecule has 6 nitrogen and oxygen atoms in total. The van der Waals surface area contributed by atoms with Crippen LogP contribution in [0.15, 0.2) is 35.3 Å². The van der Waals surface area contributed by atoms with E-state index in [-0.39, 0.29) is 17.0 Å². The molecule has 0 saturated heterocycles. The van der Waals surface area contributed by atoms with Crippen molar-refractivity contribution in [3.63, 3.8) is 0 Å². The first-order valence-electron chi connectivity index (χ1n) is 6.34. The summed E-state index contributed by atoms with van der Waals surface area (Å²) in [5.41, 5.74) is 1.67. The molecule has 0 aliphatic carbocycles. The van der Waals surface area contributed by atoms with Crippen molar-refractivity contribution in [3.05, 3.63) is 51.4 Å². The van der Waals surface area contributed by atoms with Gasteiger partial charge in [-0.1, -0.05) is 23.7 Å². The highest BCUT2D eigenvalue weighted by Gasteiger charge is 2.10. The second-order valence-corrected chi connectivity index (χ2v) is 4.98. The van der Waals surface area contributed by atoms with Gasteiger partial charge < -0.3 is 10.6 Å². The molecule has 0 bridgehead atoms. The van der Waals surface area contributed by atoms with Gasteiger partial charge in [-0.25, -0.2) is 5.10 Å². The Labute approximate surface area is 126 Å². The van der Waals surface area contributed by atoms with E-state index in [4.69, 9.17) is 11.6 Å². The predicted molar refractivity (Wildman–Crippen MR) is 82.7 cm³/mol. The number of benzene rings is 1. The first kappa shape index (κ1) is 15.1. The van der Waals surface area contributed by atoms with Crippen LogP contribution in [0.3, 0.4) is 0 Å². The number of rotatable bonds is 4. The molecule has 110 valence electrons. The van der Waals surface area contributed by atoms with Crippen molar-refractivity contribution < 1.29 is 4.79 Å². The highest BCUT2D eigenvalue weighted by atomic mass is 35.5. The average molecular weight is 307 g/mol. The van der Waals surface area contributed by atoms with Crippen LogP contribution < -0.4 is 16.2 Å². The maximum atomic E-state index is 11.4. The summed E-state index contributed by atoms with van der Waals surface area (Å²) < 4.78 is 0. The first-order chi connectivity index (χ1) is 9.97. The lowest BCUT2D eigenvalue weighted by Crippen LogP contribution is -2.14. The van der Waals surface area contributed by atoms with Crippen molar-refractivity contribution in [2.75, 3.05) is 10.6 Å². The summed E-state index contributed by atoms with van der Waals surface area (Å²) >= 11 is 5.92. The third kappa shape index (κ3) is 3.82. The molecule has 3 N–H and O–H groups in total. The number of carbonyl (C=O) groups excluding carboxylic acids is 1. The maximum Gasteiger partial charge on any atom is 0.285 e. The number of halogens is 1. The molecular formula is C14H15ClN4O2. The Morgan fingerprint density at radius 1 is 1.43 bits per heavy atom. The zero-order valence-corrected chi connectivity index (χ0v) is 12.4. The fourth-order valence-corrected chi connectivity index (χ4v) is 2.04. The quantitative estimate of drug-likeness (QED) is 0.810. The van der Waals surface area contributed by atoms with Crippen molar-refractivity contribution in [1.82, 2.24) is 10.2 Å². The Balaban J connectivity index is 2.20. The van der Waals surface area contributed by atoms with Gasteiger partial charge in [-0.2, -0.15) is 5.10 Å². The zero-order valence-electron chi connectivity index (χ0n) is 11.6. The van der Waals surface area contributed by atoms with Gasteiger partial charge in [0, 0.05) is 18.7 Å². The smallest absolute Gasteiger partial charge is 0.285 e. The van der Waals surface area contributed by atoms with E-state index in [1.54, 1.807) is 6.07 Å². The minimum Gasteiger partial charge on any atom is -0.376 e. The summed E-state index contributed by atoms with van der Waals surface area (Å²) in [6.45, 7) is 3.38. The van der Waals surface area contributed by atoms with Crippen molar-refractivity contribution >= 4 is 28.9 Å². The van der Waals surface area contributed by atoms with Crippen molar-refractivity contribution in [2.45, 2.75) is 19.9 Å². The molecule has 0 spiro atoms. The maximum absolute atomic E-state index is 11.4. The summed E-state index contributed by atoms with van der Waals surface area (Å²) in [7, 11) is 0. The molecule has 7 heteroatoms. The van der Waals surface area contributed by atoms with Crippen LogP contribution in [0.2, 0.25) is 5.02 Å². The number of nitrogens with zero attached hydrogens (tertiary/aromatic N) is 1. The van der Waals surface area contributed by atoms with Crippen LogP contribution in [0.5, 0.6) is 0 Å². The van der Waals surface area contributed by atoms with Gasteiger partial charge in [0.2, 0.25) is 5.91 Å². The Hall–Kier alpha value is -2.34. The minimum absolute atomic E-state index is 0.0647. The summed E-state index contributed by atoms with van der Waals surface area (Å²) in [5.74, 6) is -0.130. The molecule has 1 unspecified atom stereocenters. The van der Waals surface area contributed by atoms with Crippen LogP contribution in [-0.4, -0.2) is 16.1 Å². The van der Waals surface area contributed by atoms with Crippen LogP contribution in [0.25, 0.3) is 0 Å². The number of aromatic nitrogens is 2. The van der Waals surface area contributed by atoms with Gasteiger partial charge in [0.25, 0.3) is 5.56 Å². The third-order valence-corrected chi connectivity index (χ3v) is 3.25. The van der Waals surface area contributed by atoms with E-state index in [1.807, 2.05) is 25.1 Å². The summed E-state index contributed by atoms with van der Waals surface area (Å²) in [6.07, 6.45) is 1.46. The lowest BCUT2D eigenvalue weighted by atomic mass is 10.1. The van der Waals surface area contributed by atoms with E-state index in [0.29, 0.717) is 11.4 Å². The normalized spacial score (nSPS) is 11.8. The standard InChI is InChI=1S/C14H15ClN4O2/c1-8(17-12-7-16-19-14(21)13(12)15)10-4-3-5-11(6-10)18-9(2)20/h3-8H,1-2H3,(H,18,20)(H2,17,19,21). The van der Waals surface area contributed by atoms with Gasteiger partial charge in [-0.05, 0) is 24.6 Å². The molecule has 2 rings (SSSR count). The van der Waals surface area contributed by atoms with Gasteiger partial charge >= 0.3 is 0 Å². The first-order valence-corrected chi connectivity index (χ1v) is 6.72. The number of carbonyl (C=O) groups is 1. The molecule has 1 aromatic heterocycles. The predicted octanol–water partition coefficient (Wildman–Crippen LogP) is 2.55. The molecular weight excluding hydrogens is 292 g/mol. The Morgan fingerprint density at radius 3 is 2.90 bits per heavy atom. The summed E-state index contributed by atoms with van der Waals surface area (Å²) in [6, 6.07) is 7.31. The van der Waals surface area contributed by atoms with Crippen LogP contribution in [0.1, 0.15) is 25.5 Å². The van der Waals surface area contributed by atoms with Gasteiger partial charge in [0.05, 0.1) is 11.9 Å². The molecule has 0 radical (unpaired) electrons. The molecule has 1 aromatic carbocycles. The molecule has 0 aliphatic rings. The van der Waals surface area contributed by atoms with Crippen molar-refractivity contribution in [2.24, 2.45) is 0 Å². The monoisotopic (exact) mass is 306 g/mol. The Morgan fingerprint density at radius 2 is 2.19 bits per heavy atom. The number of anilines is 2. The molecule has 1 atom stereocenters. The lowest BCUT2D eigenvalue weighted by Gasteiger charge is -2.17. The molecule has 0 fully saturated rings. The number of nitrogens with one attached hydrogen (secondary N) is 3. The highest BCUT2D eigenvalue weighted by Crippen LogP contribution is 2.24. The number of amides is 1. The Bertz CT molecular complexity index is 714. The second kappa shape index (κ2) is 6.41. The minimum atomic E-state index is -0.444. The number of hydrogen-bond donors (Lipinski definition) is 3. The summed E-state index contributed by atoms with van der Waals surface area (Å²) in [4.78, 5) is 22.5. The fourth-order valence-electron chi connectivity index (χ4n) is 1.89. The number of aromatic amines is 1. The molecule has 1 heterocycles. The number of hydrogen-bond acceptors (Lipinski definition) is 4. The average Bonchev–Trinajstić information content (AvgIpc) is 2.43. The number of H-pyrrole nitrogens is 1. The SMILES string of the molecule is CC(=O)Nc1cccc(C(C)Nc2cn[nH]c(=O)c2Cl)c1. The van der Waals surface area contributed by atoms with E-state index in [1.165, 1.54) is 13.1 Å². The van der Waals surface area contributed by atoms with Crippen molar-refractivity contribution in [1.29, 1.82) is 0 Å². The second-order valence-electron chi connectivity index (χ2n) is 4.60. The summed E-state index contributed by atoms with van der Waals surface area (Å²) in [5, 5.41) is 11.9. The molecule has 0 aliphatic heterocycles. The van der Waals surface area contributed by atoms with Gasteiger partial charge in [-0.15, -0.1) is 0 Å². The van der Waals surface area contributed by atoms with Crippen LogP contribution >= 0.6 is 11.6 Å². The topological polar surface area (TPSA) is 86.9 Å². The van der Waals surface area contributed by atoms with Crippen LogP contribution in [0.4, 0.5) is 11.4 Å². The third-order valence-electron chi connectivity index (χ3n) is 2.87. The zero-order chi connectivity index (χ0) is 15.4. The van der Waals surface area contributed by atoms with E-state index < -0.39 is 5.56 Å². The lowest BCUT2D eigenvalue weighted by molar-refractivity contribution is -0.114. The highest BCUT2D eigenvalue weighted by molar-refractivity contribution is 6.32.